The molecule has 158 valence electrons. The van der Waals surface area contributed by atoms with Gasteiger partial charge in [0.2, 0.25) is 9.84 Å². The number of halogens is 6. The molecule has 0 amide bonds. The maximum Gasteiger partial charge on any atom is 0.439 e. The number of hydrogen-bond acceptors (Lipinski definition) is 6. The van der Waals surface area contributed by atoms with Gasteiger partial charge in [-0.1, -0.05) is 13.8 Å². The van der Waals surface area contributed by atoms with E-state index < -0.39 is 71.0 Å². The maximum atomic E-state index is 14.1. The van der Waals surface area contributed by atoms with Crippen molar-refractivity contribution in [3.05, 3.63) is 0 Å². The SMILES string of the molecule is CC1(C)CC(=O)C(C)(S(=O)(=O)C(F)(F)C(F)(F)C(F)(F)S(=O)(=O)O)C(=O)C1. The third-order valence-electron chi connectivity index (χ3n) is 4.27. The van der Waals surface area contributed by atoms with Crippen LogP contribution in [0.25, 0.3) is 0 Å². The summed E-state index contributed by atoms with van der Waals surface area (Å²) in [6.45, 7) is 2.61. The highest BCUT2D eigenvalue weighted by Gasteiger charge is 2.84. The molecule has 1 N–H and O–H groups in total. The predicted octanol–water partition coefficient (Wildman–Crippen LogP) is 1.83. The van der Waals surface area contributed by atoms with Gasteiger partial charge in [-0.25, -0.2) is 8.42 Å². The molecule has 0 spiro atoms. The molecule has 0 aromatic carbocycles. The van der Waals surface area contributed by atoms with Crippen LogP contribution in [-0.2, 0) is 29.5 Å². The number of ketones is 2. The van der Waals surface area contributed by atoms with Gasteiger partial charge in [-0.3, -0.25) is 14.1 Å². The number of carbonyl (C=O) groups is 2. The average molecular weight is 448 g/mol. The number of sulfone groups is 1. The lowest BCUT2D eigenvalue weighted by molar-refractivity contribution is -0.246. The van der Waals surface area contributed by atoms with Gasteiger partial charge >= 0.3 is 26.5 Å². The zero-order chi connectivity index (χ0) is 22.1. The van der Waals surface area contributed by atoms with E-state index in [1.165, 1.54) is 13.8 Å². The normalized spacial score (nSPS) is 22.0. The summed E-state index contributed by atoms with van der Waals surface area (Å²) in [5.74, 6) is -10.7. The third-order valence-corrected chi connectivity index (χ3v) is 7.64. The lowest BCUT2D eigenvalue weighted by Crippen LogP contribution is -2.68. The second kappa shape index (κ2) is 5.89. The van der Waals surface area contributed by atoms with Crippen molar-refractivity contribution in [1.29, 1.82) is 0 Å². The quantitative estimate of drug-likeness (QED) is 0.387. The zero-order valence-corrected chi connectivity index (χ0v) is 15.5. The first-order chi connectivity index (χ1) is 11.5. The van der Waals surface area contributed by atoms with Gasteiger partial charge in [0.15, 0.2) is 16.3 Å². The first-order valence-corrected chi connectivity index (χ1v) is 9.84. The van der Waals surface area contributed by atoms with Crippen LogP contribution in [0, 0.1) is 5.41 Å². The van der Waals surface area contributed by atoms with E-state index in [4.69, 9.17) is 4.55 Å². The Labute approximate surface area is 149 Å². The van der Waals surface area contributed by atoms with Gasteiger partial charge in [-0.05, 0) is 12.3 Å². The van der Waals surface area contributed by atoms with E-state index in [9.17, 15) is 52.8 Å². The molecular weight excluding hydrogens is 434 g/mol. The van der Waals surface area contributed by atoms with E-state index in [1.54, 1.807) is 0 Å². The van der Waals surface area contributed by atoms with Crippen LogP contribution in [0.2, 0.25) is 0 Å². The molecule has 1 aliphatic rings. The lowest BCUT2D eigenvalue weighted by atomic mass is 9.71. The summed E-state index contributed by atoms with van der Waals surface area (Å²) in [5.41, 5.74) is -1.21. The maximum absolute atomic E-state index is 14.1. The number of Topliss-reactive ketones (excluding diaryl/α,β-unsaturated/α-hetero) is 2. The zero-order valence-electron chi connectivity index (χ0n) is 13.9. The molecule has 7 nitrogen and oxygen atoms in total. The van der Waals surface area contributed by atoms with Crippen molar-refractivity contribution in [2.45, 2.75) is 54.8 Å². The van der Waals surface area contributed by atoms with Crippen molar-refractivity contribution >= 4 is 31.5 Å². The van der Waals surface area contributed by atoms with Crippen LogP contribution in [0.15, 0.2) is 0 Å². The van der Waals surface area contributed by atoms with Crippen molar-refractivity contribution in [3.8, 4) is 0 Å². The van der Waals surface area contributed by atoms with E-state index in [0.717, 1.165) is 0 Å². The molecular formula is C12H14F6O7S2. The summed E-state index contributed by atoms with van der Waals surface area (Å²) < 4.78 is 131. The second-order valence-electron chi connectivity index (χ2n) is 6.98. The third kappa shape index (κ3) is 2.97. The molecule has 0 atom stereocenters. The highest BCUT2D eigenvalue weighted by molar-refractivity contribution is 7.95. The Kier molecular flexibility index (Phi) is 5.20. The number of alkyl halides is 6. The van der Waals surface area contributed by atoms with E-state index in [1.807, 2.05) is 0 Å². The number of rotatable bonds is 5. The van der Waals surface area contributed by atoms with E-state index in [0.29, 0.717) is 0 Å². The molecule has 0 aliphatic heterocycles. The monoisotopic (exact) mass is 448 g/mol. The number of carbonyl (C=O) groups excluding carboxylic acids is 2. The van der Waals surface area contributed by atoms with Crippen LogP contribution < -0.4 is 0 Å². The number of hydrogen-bond donors (Lipinski definition) is 1. The molecule has 0 radical (unpaired) electrons. The van der Waals surface area contributed by atoms with Crippen molar-refractivity contribution in [1.82, 2.24) is 0 Å². The van der Waals surface area contributed by atoms with Gasteiger partial charge in [0.25, 0.3) is 0 Å². The minimum atomic E-state index is -7.21. The molecule has 1 fully saturated rings. The molecule has 0 heterocycles. The molecule has 1 aliphatic carbocycles. The van der Waals surface area contributed by atoms with Crippen molar-refractivity contribution in [2.75, 3.05) is 0 Å². The van der Waals surface area contributed by atoms with Gasteiger partial charge in [-0.2, -0.15) is 34.8 Å². The van der Waals surface area contributed by atoms with Crippen molar-refractivity contribution in [3.63, 3.8) is 0 Å². The summed E-state index contributed by atoms with van der Waals surface area (Å²) in [6, 6.07) is 0. The predicted molar refractivity (Wildman–Crippen MR) is 76.7 cm³/mol. The summed E-state index contributed by atoms with van der Waals surface area (Å²) in [6.07, 6.45) is -1.66. The summed E-state index contributed by atoms with van der Waals surface area (Å²) in [5, 5.41) is -13.8. The smallest absolute Gasteiger partial charge is 0.297 e. The molecule has 1 rings (SSSR count). The van der Waals surface area contributed by atoms with Gasteiger partial charge in [-0.15, -0.1) is 0 Å². The molecule has 0 unspecified atom stereocenters. The first-order valence-electron chi connectivity index (χ1n) is 6.92. The highest BCUT2D eigenvalue weighted by Crippen LogP contribution is 2.54. The van der Waals surface area contributed by atoms with E-state index >= 15 is 0 Å². The molecule has 0 bridgehead atoms. The first kappa shape index (κ1) is 23.8. The molecule has 0 saturated heterocycles. The molecule has 0 aromatic heterocycles. The summed E-state index contributed by atoms with van der Waals surface area (Å²) >= 11 is 0. The van der Waals surface area contributed by atoms with Gasteiger partial charge < -0.3 is 0 Å². The Morgan fingerprint density at radius 3 is 1.44 bits per heavy atom. The van der Waals surface area contributed by atoms with Crippen LogP contribution in [0.1, 0.15) is 33.6 Å². The van der Waals surface area contributed by atoms with Gasteiger partial charge in [0.05, 0.1) is 0 Å². The van der Waals surface area contributed by atoms with Gasteiger partial charge in [0.1, 0.15) is 0 Å². The minimum Gasteiger partial charge on any atom is -0.297 e. The van der Waals surface area contributed by atoms with Crippen LogP contribution in [0.4, 0.5) is 26.3 Å². The molecule has 0 aromatic rings. The Morgan fingerprint density at radius 1 is 0.815 bits per heavy atom. The Morgan fingerprint density at radius 2 is 1.15 bits per heavy atom. The summed E-state index contributed by atoms with van der Waals surface area (Å²) in [4.78, 5) is 24.2. The van der Waals surface area contributed by atoms with Crippen LogP contribution in [-0.4, -0.2) is 54.1 Å². The molecule has 27 heavy (non-hydrogen) atoms. The van der Waals surface area contributed by atoms with Crippen molar-refractivity contribution in [2.24, 2.45) is 5.41 Å². The van der Waals surface area contributed by atoms with Crippen LogP contribution >= 0.6 is 0 Å². The van der Waals surface area contributed by atoms with E-state index in [2.05, 4.69) is 0 Å². The van der Waals surface area contributed by atoms with Crippen LogP contribution in [0.3, 0.4) is 0 Å². The topological polar surface area (TPSA) is 123 Å². The standard InChI is InChI=1S/C12H14F6O7S2/c1-8(2)4-6(19)9(3,7(20)5-8)26(21,22)11(15,16)10(13,14)12(17,18)27(23,24)25/h4-5H2,1-3H3,(H,23,24,25). The van der Waals surface area contributed by atoms with Gasteiger partial charge in [0, 0.05) is 12.8 Å². The Bertz CT molecular complexity index is 869. The Hall–Kier alpha value is -1.22. The fourth-order valence-corrected chi connectivity index (χ4v) is 4.72. The van der Waals surface area contributed by atoms with Crippen molar-refractivity contribution < 1.29 is 57.3 Å². The second-order valence-corrected chi connectivity index (χ2v) is 10.8. The minimum absolute atomic E-state index is 0.0673. The van der Waals surface area contributed by atoms with E-state index in [-0.39, 0.29) is 6.92 Å². The highest BCUT2D eigenvalue weighted by atomic mass is 32.2. The van der Waals surface area contributed by atoms with Crippen LogP contribution in [0.5, 0.6) is 0 Å². The fourth-order valence-electron chi connectivity index (χ4n) is 2.48. The Balaban J connectivity index is 3.72. The molecule has 15 heteroatoms. The largest absolute Gasteiger partial charge is 0.439 e. The fraction of sp³-hybridized carbons (Fsp3) is 0.833. The average Bonchev–Trinajstić information content (AvgIpc) is 2.41. The summed E-state index contributed by atoms with van der Waals surface area (Å²) in [7, 11) is -14.2. The lowest BCUT2D eigenvalue weighted by Gasteiger charge is -2.41. The molecule has 1 saturated carbocycles.